The second-order valence-electron chi connectivity index (χ2n) is 4.83. The molecule has 1 fully saturated rings. The summed E-state index contributed by atoms with van der Waals surface area (Å²) in [5.41, 5.74) is 1.11. The first kappa shape index (κ1) is 12.3. The summed E-state index contributed by atoms with van der Waals surface area (Å²) < 4.78 is 30.1. The van der Waals surface area contributed by atoms with Crippen molar-refractivity contribution in [1.82, 2.24) is 14.9 Å². The summed E-state index contributed by atoms with van der Waals surface area (Å²) in [7, 11) is 1.76. The van der Waals surface area contributed by atoms with E-state index in [1.165, 1.54) is 6.20 Å². The average Bonchev–Trinajstić information content (AvgIpc) is 3.19. The molecule has 0 aliphatic heterocycles. The Morgan fingerprint density at radius 3 is 2.84 bits per heavy atom. The molecule has 0 aromatic carbocycles. The molecule has 0 atom stereocenters. The van der Waals surface area contributed by atoms with Crippen LogP contribution >= 0.6 is 0 Å². The maximum atomic E-state index is 14.5. The third kappa shape index (κ3) is 2.14. The van der Waals surface area contributed by atoms with Crippen molar-refractivity contribution < 1.29 is 8.78 Å². The largest absolute Gasteiger partial charge is 0.341 e. The summed E-state index contributed by atoms with van der Waals surface area (Å²) in [5.74, 6) is -0.981. The number of rotatable bonds is 4. The number of aromatic nitrogens is 2. The van der Waals surface area contributed by atoms with Gasteiger partial charge in [0.2, 0.25) is 5.95 Å². The van der Waals surface area contributed by atoms with Crippen LogP contribution in [0.4, 0.5) is 8.78 Å². The first-order chi connectivity index (χ1) is 9.22. The van der Waals surface area contributed by atoms with Crippen LogP contribution in [0.5, 0.6) is 0 Å². The van der Waals surface area contributed by atoms with Crippen molar-refractivity contribution >= 4 is 0 Å². The molecule has 0 saturated heterocycles. The molecule has 2 aromatic rings. The molecule has 2 aromatic heterocycles. The van der Waals surface area contributed by atoms with Gasteiger partial charge in [0.25, 0.3) is 0 Å². The number of nitrogens with one attached hydrogen (secondary N) is 1. The minimum atomic E-state index is -0.627. The average molecular weight is 263 g/mol. The fraction of sp³-hybridized carbons (Fsp3) is 0.357. The van der Waals surface area contributed by atoms with Crippen molar-refractivity contribution in [3.05, 3.63) is 41.9 Å². The Kier molecular flexibility index (Phi) is 3.06. The Labute approximate surface area is 110 Å². The van der Waals surface area contributed by atoms with E-state index in [0.29, 0.717) is 17.8 Å². The maximum absolute atomic E-state index is 14.5. The molecule has 0 radical (unpaired) electrons. The van der Waals surface area contributed by atoms with Gasteiger partial charge >= 0.3 is 0 Å². The van der Waals surface area contributed by atoms with Gasteiger partial charge in [0.1, 0.15) is 0 Å². The van der Waals surface area contributed by atoms with Gasteiger partial charge in [0.15, 0.2) is 5.82 Å². The predicted octanol–water partition coefficient (Wildman–Crippen LogP) is 2.88. The Bertz CT molecular complexity index is 603. The van der Waals surface area contributed by atoms with Crippen LogP contribution in [-0.4, -0.2) is 16.6 Å². The molecule has 0 amide bonds. The molecule has 1 saturated carbocycles. The molecular weight excluding hydrogens is 248 g/mol. The minimum Gasteiger partial charge on any atom is -0.341 e. The summed E-state index contributed by atoms with van der Waals surface area (Å²) in [4.78, 5) is 3.61. The van der Waals surface area contributed by atoms with E-state index in [1.807, 2.05) is 4.57 Å². The van der Waals surface area contributed by atoms with Crippen molar-refractivity contribution in [3.63, 3.8) is 0 Å². The predicted molar refractivity (Wildman–Crippen MR) is 68.6 cm³/mol. The molecule has 1 aliphatic carbocycles. The van der Waals surface area contributed by atoms with Crippen LogP contribution in [0.25, 0.3) is 11.3 Å². The molecule has 3 nitrogen and oxygen atoms in total. The lowest BCUT2D eigenvalue weighted by Gasteiger charge is -2.08. The molecule has 2 heterocycles. The molecular formula is C14H15F2N3. The zero-order valence-electron chi connectivity index (χ0n) is 10.7. The monoisotopic (exact) mass is 263 g/mol. The SMILES string of the molecule is CNCc1cn(C2CC2)c(-c2cccnc2F)c1F. The smallest absolute Gasteiger partial charge is 0.222 e. The van der Waals surface area contributed by atoms with E-state index in [9.17, 15) is 8.78 Å². The van der Waals surface area contributed by atoms with Crippen LogP contribution in [0.2, 0.25) is 0 Å². The fourth-order valence-corrected chi connectivity index (χ4v) is 2.33. The molecule has 5 heteroatoms. The number of pyridine rings is 1. The van der Waals surface area contributed by atoms with Crippen LogP contribution < -0.4 is 5.32 Å². The van der Waals surface area contributed by atoms with E-state index < -0.39 is 5.95 Å². The molecule has 0 bridgehead atoms. The van der Waals surface area contributed by atoms with Gasteiger partial charge in [-0.3, -0.25) is 0 Å². The highest BCUT2D eigenvalue weighted by Crippen LogP contribution is 2.41. The third-order valence-electron chi connectivity index (χ3n) is 3.36. The highest BCUT2D eigenvalue weighted by molar-refractivity contribution is 5.62. The molecule has 3 rings (SSSR count). The number of hydrogen-bond acceptors (Lipinski definition) is 2. The maximum Gasteiger partial charge on any atom is 0.222 e. The van der Waals surface area contributed by atoms with Gasteiger partial charge in [-0.05, 0) is 32.0 Å². The van der Waals surface area contributed by atoms with E-state index in [0.717, 1.165) is 12.8 Å². The lowest BCUT2D eigenvalue weighted by molar-refractivity contribution is 0.575. The lowest BCUT2D eigenvalue weighted by Crippen LogP contribution is -2.05. The van der Waals surface area contributed by atoms with Crippen LogP contribution in [0, 0.1) is 11.8 Å². The first-order valence-corrected chi connectivity index (χ1v) is 6.37. The molecule has 0 spiro atoms. The van der Waals surface area contributed by atoms with E-state index >= 15 is 0 Å². The van der Waals surface area contributed by atoms with Gasteiger partial charge < -0.3 is 9.88 Å². The second kappa shape index (κ2) is 4.74. The molecule has 100 valence electrons. The van der Waals surface area contributed by atoms with Crippen molar-refractivity contribution in [2.45, 2.75) is 25.4 Å². The molecule has 1 aliphatic rings. The zero-order chi connectivity index (χ0) is 13.4. The Morgan fingerprint density at radius 2 is 2.21 bits per heavy atom. The van der Waals surface area contributed by atoms with E-state index in [-0.39, 0.29) is 17.4 Å². The quantitative estimate of drug-likeness (QED) is 0.860. The summed E-state index contributed by atoms with van der Waals surface area (Å²) in [6.07, 6.45) is 5.19. The standard InChI is InChI=1S/C14H15F2N3/c1-17-7-9-8-19(10-4-5-10)13(12(9)15)11-3-2-6-18-14(11)16/h2-3,6,8,10,17H,4-5,7H2,1H3. The highest BCUT2D eigenvalue weighted by atomic mass is 19.1. The Hall–Kier alpha value is -1.75. The Balaban J connectivity index is 2.16. The zero-order valence-corrected chi connectivity index (χ0v) is 10.7. The minimum absolute atomic E-state index is 0.231. The lowest BCUT2D eigenvalue weighted by atomic mass is 10.1. The first-order valence-electron chi connectivity index (χ1n) is 6.37. The van der Waals surface area contributed by atoms with E-state index in [4.69, 9.17) is 0 Å². The van der Waals surface area contributed by atoms with Gasteiger partial charge in [0.05, 0.1) is 11.3 Å². The highest BCUT2D eigenvalue weighted by Gasteiger charge is 2.30. The molecule has 1 N–H and O–H groups in total. The number of nitrogens with zero attached hydrogens (tertiary/aromatic N) is 2. The molecule has 19 heavy (non-hydrogen) atoms. The summed E-state index contributed by atoms with van der Waals surface area (Å²) >= 11 is 0. The van der Waals surface area contributed by atoms with Crippen molar-refractivity contribution in [1.29, 1.82) is 0 Å². The summed E-state index contributed by atoms with van der Waals surface area (Å²) in [6.45, 7) is 0.431. The van der Waals surface area contributed by atoms with Gasteiger partial charge in [-0.25, -0.2) is 9.37 Å². The number of halogens is 2. The molecule has 0 unspecified atom stereocenters. The van der Waals surface area contributed by atoms with Crippen molar-refractivity contribution in [2.75, 3.05) is 7.05 Å². The normalized spacial score (nSPS) is 14.9. The van der Waals surface area contributed by atoms with Crippen molar-refractivity contribution in [3.8, 4) is 11.3 Å². The van der Waals surface area contributed by atoms with Gasteiger partial charge in [0, 0.05) is 30.5 Å². The van der Waals surface area contributed by atoms with Gasteiger partial charge in [-0.1, -0.05) is 0 Å². The van der Waals surface area contributed by atoms with Crippen molar-refractivity contribution in [2.24, 2.45) is 0 Å². The number of hydrogen-bond donors (Lipinski definition) is 1. The second-order valence-corrected chi connectivity index (χ2v) is 4.83. The van der Waals surface area contributed by atoms with E-state index in [1.54, 1.807) is 25.4 Å². The van der Waals surface area contributed by atoms with Gasteiger partial charge in [-0.2, -0.15) is 4.39 Å². The van der Waals surface area contributed by atoms with Crippen LogP contribution in [-0.2, 0) is 6.54 Å². The van der Waals surface area contributed by atoms with E-state index in [2.05, 4.69) is 10.3 Å². The third-order valence-corrected chi connectivity index (χ3v) is 3.36. The fourth-order valence-electron chi connectivity index (χ4n) is 2.33. The Morgan fingerprint density at radius 1 is 1.42 bits per heavy atom. The van der Waals surface area contributed by atoms with Crippen LogP contribution in [0.1, 0.15) is 24.4 Å². The van der Waals surface area contributed by atoms with Gasteiger partial charge in [-0.15, -0.1) is 0 Å². The topological polar surface area (TPSA) is 29.9 Å². The summed E-state index contributed by atoms with van der Waals surface area (Å²) in [5, 5.41) is 2.93. The van der Waals surface area contributed by atoms with Crippen LogP contribution in [0.3, 0.4) is 0 Å². The summed E-state index contributed by atoms with van der Waals surface area (Å²) in [6, 6.07) is 3.48. The van der Waals surface area contributed by atoms with Crippen LogP contribution in [0.15, 0.2) is 24.5 Å².